The Hall–Kier alpha value is -1.59. The Balaban J connectivity index is 5.84. The van der Waals surface area contributed by atoms with Gasteiger partial charge in [0.15, 0.2) is 0 Å². The van der Waals surface area contributed by atoms with Gasteiger partial charge in [-0.1, -0.05) is 20.8 Å². The van der Waals surface area contributed by atoms with Crippen LogP contribution in [0.2, 0.25) is 0 Å². The van der Waals surface area contributed by atoms with Crippen LogP contribution in [0.3, 0.4) is 0 Å². The molecule has 0 bridgehead atoms. The maximum atomic E-state index is 11.7. The van der Waals surface area contributed by atoms with E-state index in [-0.39, 0.29) is 32.1 Å². The first-order valence-corrected chi connectivity index (χ1v) is 6.42. The van der Waals surface area contributed by atoms with Crippen LogP contribution < -0.4 is 0 Å². The molecule has 1 unspecified atom stereocenters. The molecule has 19 heavy (non-hydrogen) atoms. The van der Waals surface area contributed by atoms with Crippen molar-refractivity contribution in [1.29, 1.82) is 0 Å². The van der Waals surface area contributed by atoms with Crippen LogP contribution in [-0.2, 0) is 14.4 Å². The van der Waals surface area contributed by atoms with Gasteiger partial charge in [0, 0.05) is 6.42 Å². The zero-order valence-corrected chi connectivity index (χ0v) is 11.6. The van der Waals surface area contributed by atoms with E-state index in [0.717, 1.165) is 0 Å². The van der Waals surface area contributed by atoms with Crippen molar-refractivity contribution < 1.29 is 29.7 Å². The SMILES string of the molecule is CCC(CC)(C(=O)O)C(CC)(CCC(=O)O)C(=O)O. The van der Waals surface area contributed by atoms with Crippen molar-refractivity contribution in [3.8, 4) is 0 Å². The molecule has 0 amide bonds. The molecule has 6 heteroatoms. The quantitative estimate of drug-likeness (QED) is 0.594. The molecule has 0 heterocycles. The largest absolute Gasteiger partial charge is 0.481 e. The Morgan fingerprint density at radius 1 is 0.789 bits per heavy atom. The minimum Gasteiger partial charge on any atom is -0.481 e. The van der Waals surface area contributed by atoms with Gasteiger partial charge in [-0.05, 0) is 25.7 Å². The van der Waals surface area contributed by atoms with Crippen molar-refractivity contribution >= 4 is 17.9 Å². The Morgan fingerprint density at radius 3 is 1.37 bits per heavy atom. The first-order chi connectivity index (χ1) is 8.74. The zero-order chi connectivity index (χ0) is 15.3. The Morgan fingerprint density at radius 2 is 1.16 bits per heavy atom. The average Bonchev–Trinajstić information content (AvgIpc) is 2.33. The van der Waals surface area contributed by atoms with Crippen LogP contribution >= 0.6 is 0 Å². The van der Waals surface area contributed by atoms with E-state index in [9.17, 15) is 24.6 Å². The van der Waals surface area contributed by atoms with Crippen molar-refractivity contribution in [2.45, 2.75) is 52.9 Å². The van der Waals surface area contributed by atoms with Crippen molar-refractivity contribution in [1.82, 2.24) is 0 Å². The van der Waals surface area contributed by atoms with Crippen molar-refractivity contribution in [3.05, 3.63) is 0 Å². The van der Waals surface area contributed by atoms with E-state index in [1.54, 1.807) is 20.8 Å². The number of carboxylic acids is 3. The summed E-state index contributed by atoms with van der Waals surface area (Å²) in [6.07, 6.45) is -0.141. The number of carbonyl (C=O) groups is 3. The highest BCUT2D eigenvalue weighted by molar-refractivity contribution is 5.87. The van der Waals surface area contributed by atoms with Crippen LogP contribution in [0.5, 0.6) is 0 Å². The second-order valence-electron chi connectivity index (χ2n) is 4.73. The highest BCUT2D eigenvalue weighted by Gasteiger charge is 2.58. The molecule has 0 aromatic carbocycles. The monoisotopic (exact) mass is 274 g/mol. The van der Waals surface area contributed by atoms with Crippen molar-refractivity contribution in [3.63, 3.8) is 0 Å². The first-order valence-electron chi connectivity index (χ1n) is 6.42. The molecule has 0 aliphatic carbocycles. The van der Waals surface area contributed by atoms with E-state index >= 15 is 0 Å². The molecule has 6 nitrogen and oxygen atoms in total. The average molecular weight is 274 g/mol. The van der Waals surface area contributed by atoms with Crippen LogP contribution in [0.4, 0.5) is 0 Å². The molecule has 0 fully saturated rings. The molecule has 0 aliphatic rings. The number of hydrogen-bond donors (Lipinski definition) is 3. The van der Waals surface area contributed by atoms with Crippen molar-refractivity contribution in [2.75, 3.05) is 0 Å². The third-order valence-electron chi connectivity index (χ3n) is 4.31. The molecule has 0 aromatic rings. The lowest BCUT2D eigenvalue weighted by molar-refractivity contribution is -0.178. The third kappa shape index (κ3) is 2.88. The molecule has 0 saturated heterocycles. The summed E-state index contributed by atoms with van der Waals surface area (Å²) >= 11 is 0. The van der Waals surface area contributed by atoms with Gasteiger partial charge in [-0.3, -0.25) is 14.4 Å². The molecule has 0 aromatic heterocycles. The fraction of sp³-hybridized carbons (Fsp3) is 0.769. The molecule has 0 saturated carbocycles. The number of rotatable bonds is 9. The molecular weight excluding hydrogens is 252 g/mol. The Labute approximate surface area is 112 Å². The molecule has 3 N–H and O–H groups in total. The maximum absolute atomic E-state index is 11.7. The molecule has 110 valence electrons. The smallest absolute Gasteiger partial charge is 0.310 e. The Kier molecular flexibility index (Phi) is 5.99. The number of hydrogen-bond acceptors (Lipinski definition) is 3. The Bertz CT molecular complexity index is 358. The lowest BCUT2D eigenvalue weighted by Gasteiger charge is -2.43. The summed E-state index contributed by atoms with van der Waals surface area (Å²) in [6, 6.07) is 0. The van der Waals surface area contributed by atoms with E-state index in [4.69, 9.17) is 5.11 Å². The van der Waals surface area contributed by atoms with Crippen LogP contribution in [0, 0.1) is 10.8 Å². The van der Waals surface area contributed by atoms with E-state index in [1.807, 2.05) is 0 Å². The van der Waals surface area contributed by atoms with Gasteiger partial charge in [0.1, 0.15) is 0 Å². The molecular formula is C13H22O6. The van der Waals surface area contributed by atoms with Gasteiger partial charge >= 0.3 is 17.9 Å². The van der Waals surface area contributed by atoms with Crippen LogP contribution in [0.15, 0.2) is 0 Å². The van der Waals surface area contributed by atoms with Gasteiger partial charge in [0.2, 0.25) is 0 Å². The second-order valence-corrected chi connectivity index (χ2v) is 4.73. The first kappa shape index (κ1) is 17.4. The van der Waals surface area contributed by atoms with Crippen LogP contribution in [0.1, 0.15) is 52.9 Å². The predicted molar refractivity (Wildman–Crippen MR) is 67.9 cm³/mol. The van der Waals surface area contributed by atoms with Gasteiger partial charge in [-0.15, -0.1) is 0 Å². The highest BCUT2D eigenvalue weighted by atomic mass is 16.4. The lowest BCUT2D eigenvalue weighted by Crippen LogP contribution is -2.52. The summed E-state index contributed by atoms with van der Waals surface area (Å²) in [6.45, 7) is 4.86. The fourth-order valence-corrected chi connectivity index (χ4v) is 2.97. The van der Waals surface area contributed by atoms with E-state index in [2.05, 4.69) is 0 Å². The lowest BCUT2D eigenvalue weighted by atomic mass is 9.57. The van der Waals surface area contributed by atoms with Gasteiger partial charge in [0.25, 0.3) is 0 Å². The standard InChI is InChI=1S/C13H22O6/c1-4-12(5-2,10(16)17)13(6-3,11(18)19)8-7-9(14)15/h4-8H2,1-3H3,(H,14,15)(H,16,17)(H,18,19). The summed E-state index contributed by atoms with van der Waals surface area (Å²) < 4.78 is 0. The summed E-state index contributed by atoms with van der Waals surface area (Å²) in [4.78, 5) is 34.0. The highest BCUT2D eigenvalue weighted by Crippen LogP contribution is 2.51. The van der Waals surface area contributed by atoms with Gasteiger partial charge < -0.3 is 15.3 Å². The topological polar surface area (TPSA) is 112 Å². The van der Waals surface area contributed by atoms with Gasteiger partial charge in [-0.25, -0.2) is 0 Å². The van der Waals surface area contributed by atoms with E-state index < -0.39 is 28.7 Å². The fourth-order valence-electron chi connectivity index (χ4n) is 2.97. The summed E-state index contributed by atoms with van der Waals surface area (Å²) in [5.41, 5.74) is -3.00. The predicted octanol–water partition coefficient (Wildman–Crippen LogP) is 2.22. The summed E-state index contributed by atoms with van der Waals surface area (Å²) in [5, 5.41) is 27.8. The third-order valence-corrected chi connectivity index (χ3v) is 4.31. The van der Waals surface area contributed by atoms with Crippen LogP contribution in [0.25, 0.3) is 0 Å². The minimum absolute atomic E-state index is 0.0869. The molecule has 0 rings (SSSR count). The molecule has 0 spiro atoms. The maximum Gasteiger partial charge on any atom is 0.310 e. The number of carboxylic acid groups (broad SMARTS) is 3. The summed E-state index contributed by atoms with van der Waals surface area (Å²) in [5.74, 6) is -3.53. The van der Waals surface area contributed by atoms with Gasteiger partial charge in [-0.2, -0.15) is 0 Å². The normalized spacial score (nSPS) is 14.7. The number of aliphatic carboxylic acids is 3. The van der Waals surface area contributed by atoms with Gasteiger partial charge in [0.05, 0.1) is 10.8 Å². The molecule has 0 aliphatic heterocycles. The van der Waals surface area contributed by atoms with E-state index in [1.165, 1.54) is 0 Å². The molecule has 1 atom stereocenters. The molecule has 0 radical (unpaired) electrons. The minimum atomic E-state index is -1.55. The second kappa shape index (κ2) is 6.54. The van der Waals surface area contributed by atoms with Crippen molar-refractivity contribution in [2.24, 2.45) is 10.8 Å². The van der Waals surface area contributed by atoms with E-state index in [0.29, 0.717) is 0 Å². The van der Waals surface area contributed by atoms with Crippen LogP contribution in [-0.4, -0.2) is 33.2 Å². The summed E-state index contributed by atoms with van der Waals surface area (Å²) in [7, 11) is 0. The zero-order valence-electron chi connectivity index (χ0n) is 11.6.